The number of carbonyl (C=O) groups is 1. The number of hydrogen-bond donors (Lipinski definition) is 1. The standard InChI is InChI=1S/C13H12Cl2N4O3/c1-8(10-3-2-9(14)6-11(10)15)16-13(20)7-18-5-4-12(17-18)19(21)22/h2-6,8H,7H2,1H3,(H,16,20). The van der Waals surface area contributed by atoms with Crippen LogP contribution in [0.25, 0.3) is 0 Å². The van der Waals surface area contributed by atoms with Gasteiger partial charge in [-0.2, -0.15) is 4.68 Å². The highest BCUT2D eigenvalue weighted by molar-refractivity contribution is 6.35. The third-order valence-corrected chi connectivity index (χ3v) is 3.49. The van der Waals surface area contributed by atoms with Gasteiger partial charge in [-0.15, -0.1) is 0 Å². The van der Waals surface area contributed by atoms with E-state index in [-0.39, 0.29) is 24.3 Å². The summed E-state index contributed by atoms with van der Waals surface area (Å²) in [7, 11) is 0. The quantitative estimate of drug-likeness (QED) is 0.667. The van der Waals surface area contributed by atoms with Gasteiger partial charge < -0.3 is 15.4 Å². The zero-order valence-electron chi connectivity index (χ0n) is 11.5. The van der Waals surface area contributed by atoms with Gasteiger partial charge in [-0.05, 0) is 29.5 Å². The van der Waals surface area contributed by atoms with Crippen LogP contribution < -0.4 is 5.32 Å². The maximum atomic E-state index is 11.9. The molecule has 1 N–H and O–H groups in total. The molecule has 2 rings (SSSR count). The summed E-state index contributed by atoms with van der Waals surface area (Å²) in [6.07, 6.45) is 1.37. The number of nitrogens with zero attached hydrogens (tertiary/aromatic N) is 3. The van der Waals surface area contributed by atoms with Crippen molar-refractivity contribution in [1.29, 1.82) is 0 Å². The Hall–Kier alpha value is -2.12. The van der Waals surface area contributed by atoms with Gasteiger partial charge in [0.25, 0.3) is 0 Å². The second-order valence-corrected chi connectivity index (χ2v) is 5.43. The molecule has 1 amide bonds. The van der Waals surface area contributed by atoms with E-state index in [1.807, 2.05) is 0 Å². The Bertz CT molecular complexity index is 717. The maximum absolute atomic E-state index is 11.9. The van der Waals surface area contributed by atoms with Crippen LogP contribution in [0.15, 0.2) is 30.5 Å². The van der Waals surface area contributed by atoms with Crippen molar-refractivity contribution in [1.82, 2.24) is 15.1 Å². The molecule has 0 spiro atoms. The van der Waals surface area contributed by atoms with Crippen molar-refractivity contribution in [3.8, 4) is 0 Å². The van der Waals surface area contributed by atoms with Crippen LogP contribution in [0.1, 0.15) is 18.5 Å². The highest BCUT2D eigenvalue weighted by Gasteiger charge is 2.16. The van der Waals surface area contributed by atoms with Crippen molar-refractivity contribution < 1.29 is 9.72 Å². The van der Waals surface area contributed by atoms with E-state index in [0.29, 0.717) is 10.0 Å². The van der Waals surface area contributed by atoms with Gasteiger partial charge in [0.2, 0.25) is 5.91 Å². The van der Waals surface area contributed by atoms with Gasteiger partial charge in [0.15, 0.2) is 0 Å². The van der Waals surface area contributed by atoms with Crippen molar-refractivity contribution in [2.45, 2.75) is 19.5 Å². The lowest BCUT2D eigenvalue weighted by Crippen LogP contribution is -2.30. The topological polar surface area (TPSA) is 90.1 Å². The summed E-state index contributed by atoms with van der Waals surface area (Å²) < 4.78 is 1.20. The van der Waals surface area contributed by atoms with Crippen molar-refractivity contribution in [3.63, 3.8) is 0 Å². The van der Waals surface area contributed by atoms with E-state index in [4.69, 9.17) is 23.2 Å². The molecule has 0 aliphatic heterocycles. The smallest absolute Gasteiger partial charge is 0.358 e. The zero-order valence-corrected chi connectivity index (χ0v) is 13.0. The number of halogens is 2. The van der Waals surface area contributed by atoms with Gasteiger partial charge in [0, 0.05) is 10.0 Å². The SMILES string of the molecule is CC(NC(=O)Cn1ccc([N+](=O)[O-])n1)c1ccc(Cl)cc1Cl. The van der Waals surface area contributed by atoms with Crippen LogP contribution in [-0.2, 0) is 11.3 Å². The minimum Gasteiger partial charge on any atom is -0.358 e. The van der Waals surface area contributed by atoms with Crippen LogP contribution in [0, 0.1) is 10.1 Å². The minimum atomic E-state index is -0.621. The average molecular weight is 343 g/mol. The summed E-state index contributed by atoms with van der Waals surface area (Å²) in [5.74, 6) is -0.641. The molecule has 0 saturated carbocycles. The van der Waals surface area contributed by atoms with E-state index in [2.05, 4.69) is 10.4 Å². The Morgan fingerprint density at radius 3 is 2.77 bits per heavy atom. The number of nitrogens with one attached hydrogen (secondary N) is 1. The highest BCUT2D eigenvalue weighted by atomic mass is 35.5. The lowest BCUT2D eigenvalue weighted by atomic mass is 10.1. The predicted molar refractivity (Wildman–Crippen MR) is 81.9 cm³/mol. The molecule has 0 aliphatic carbocycles. The van der Waals surface area contributed by atoms with E-state index < -0.39 is 4.92 Å². The summed E-state index contributed by atoms with van der Waals surface area (Å²) in [5, 5.41) is 17.9. The van der Waals surface area contributed by atoms with Crippen LogP contribution in [0.4, 0.5) is 5.82 Å². The Morgan fingerprint density at radius 1 is 1.45 bits per heavy atom. The molecule has 1 heterocycles. The van der Waals surface area contributed by atoms with E-state index in [1.54, 1.807) is 25.1 Å². The number of rotatable bonds is 5. The second kappa shape index (κ2) is 6.76. The Labute approximate surface area is 136 Å². The van der Waals surface area contributed by atoms with Gasteiger partial charge in [0.05, 0.1) is 23.4 Å². The molecular weight excluding hydrogens is 331 g/mol. The number of aromatic nitrogens is 2. The number of carbonyl (C=O) groups excluding carboxylic acids is 1. The van der Waals surface area contributed by atoms with Crippen molar-refractivity contribution >= 4 is 34.9 Å². The van der Waals surface area contributed by atoms with E-state index >= 15 is 0 Å². The molecule has 9 heteroatoms. The van der Waals surface area contributed by atoms with Crippen LogP contribution in [0.2, 0.25) is 10.0 Å². The molecule has 22 heavy (non-hydrogen) atoms. The van der Waals surface area contributed by atoms with Crippen molar-refractivity contribution in [2.75, 3.05) is 0 Å². The normalized spacial score (nSPS) is 12.0. The molecule has 1 atom stereocenters. The lowest BCUT2D eigenvalue weighted by Gasteiger charge is -2.15. The largest absolute Gasteiger partial charge is 0.389 e. The van der Waals surface area contributed by atoms with Crippen LogP contribution in [0.3, 0.4) is 0 Å². The van der Waals surface area contributed by atoms with Crippen LogP contribution in [0.5, 0.6) is 0 Å². The Morgan fingerprint density at radius 2 is 2.18 bits per heavy atom. The number of benzene rings is 1. The first kappa shape index (κ1) is 16.3. The molecule has 116 valence electrons. The zero-order chi connectivity index (χ0) is 16.3. The lowest BCUT2D eigenvalue weighted by molar-refractivity contribution is -0.389. The third kappa shape index (κ3) is 3.96. The molecule has 1 aromatic carbocycles. The fourth-order valence-electron chi connectivity index (χ4n) is 1.90. The molecule has 0 saturated heterocycles. The summed E-state index contributed by atoms with van der Waals surface area (Å²) in [6.45, 7) is 1.65. The summed E-state index contributed by atoms with van der Waals surface area (Å²) in [5.41, 5.74) is 0.728. The Kier molecular flexibility index (Phi) is 4.99. The fraction of sp³-hybridized carbons (Fsp3) is 0.231. The number of hydrogen-bond acceptors (Lipinski definition) is 4. The maximum Gasteiger partial charge on any atom is 0.389 e. The average Bonchev–Trinajstić information content (AvgIpc) is 2.86. The van der Waals surface area contributed by atoms with Crippen molar-refractivity contribution in [3.05, 3.63) is 56.2 Å². The molecule has 1 aromatic heterocycles. The molecule has 0 bridgehead atoms. The first-order valence-electron chi connectivity index (χ1n) is 6.29. The first-order chi connectivity index (χ1) is 10.4. The van der Waals surface area contributed by atoms with Crippen LogP contribution >= 0.6 is 23.2 Å². The number of nitro groups is 1. The predicted octanol–water partition coefficient (Wildman–Crippen LogP) is 2.98. The molecule has 7 nitrogen and oxygen atoms in total. The highest BCUT2D eigenvalue weighted by Crippen LogP contribution is 2.26. The molecule has 0 fully saturated rings. The molecule has 0 aliphatic rings. The van der Waals surface area contributed by atoms with E-state index in [9.17, 15) is 14.9 Å². The molecular formula is C13H12Cl2N4O3. The van der Waals surface area contributed by atoms with E-state index in [0.717, 1.165) is 5.56 Å². The Balaban J connectivity index is 2.00. The van der Waals surface area contributed by atoms with E-state index in [1.165, 1.54) is 16.9 Å². The second-order valence-electron chi connectivity index (χ2n) is 4.58. The van der Waals surface area contributed by atoms with Gasteiger partial charge >= 0.3 is 5.82 Å². The van der Waals surface area contributed by atoms with Gasteiger partial charge in [-0.3, -0.25) is 4.79 Å². The van der Waals surface area contributed by atoms with Gasteiger partial charge in [-0.25, -0.2) is 0 Å². The fourth-order valence-corrected chi connectivity index (χ4v) is 2.47. The molecule has 0 radical (unpaired) electrons. The third-order valence-electron chi connectivity index (χ3n) is 2.93. The number of amides is 1. The molecule has 2 aromatic rings. The van der Waals surface area contributed by atoms with Gasteiger partial charge in [0.1, 0.15) is 6.54 Å². The van der Waals surface area contributed by atoms with Crippen LogP contribution in [-0.4, -0.2) is 20.6 Å². The van der Waals surface area contributed by atoms with Crippen molar-refractivity contribution in [2.24, 2.45) is 0 Å². The summed E-state index contributed by atoms with van der Waals surface area (Å²) in [6, 6.07) is 5.91. The monoisotopic (exact) mass is 342 g/mol. The first-order valence-corrected chi connectivity index (χ1v) is 7.04. The summed E-state index contributed by atoms with van der Waals surface area (Å²) in [4.78, 5) is 21.9. The molecule has 1 unspecified atom stereocenters. The minimum absolute atomic E-state index is 0.122. The summed E-state index contributed by atoms with van der Waals surface area (Å²) >= 11 is 11.9. The van der Waals surface area contributed by atoms with Gasteiger partial charge in [-0.1, -0.05) is 29.3 Å².